The van der Waals surface area contributed by atoms with Gasteiger partial charge >= 0.3 is 5.97 Å². The number of allylic oxidation sites excluding steroid dienone is 1. The van der Waals surface area contributed by atoms with Gasteiger partial charge in [0.1, 0.15) is 0 Å². The zero-order chi connectivity index (χ0) is 10.6. The minimum Gasteiger partial charge on any atom is -0.481 e. The summed E-state index contributed by atoms with van der Waals surface area (Å²) in [5.74, 6) is -1.06. The maximum absolute atomic E-state index is 10.6. The fraction of sp³-hybridized carbons (Fsp3) is 0.556. The van der Waals surface area contributed by atoms with Gasteiger partial charge in [-0.15, -0.1) is 5.53 Å². The van der Waals surface area contributed by atoms with Crippen molar-refractivity contribution in [2.75, 3.05) is 7.05 Å². The third kappa shape index (κ3) is 2.80. The number of nitrogens with zero attached hydrogens (tertiary/aromatic N) is 1. The van der Waals surface area contributed by atoms with Crippen LogP contribution in [0.3, 0.4) is 0 Å². The topological polar surface area (TPSA) is 64.6 Å². The Morgan fingerprint density at radius 3 is 3.07 bits per heavy atom. The normalized spacial score (nSPS) is 17.3. The first-order valence-corrected chi connectivity index (χ1v) is 4.53. The fourth-order valence-corrected chi connectivity index (χ4v) is 1.13. The molecule has 1 aliphatic rings. The number of rotatable bonds is 4. The minimum absolute atomic E-state index is 0.312. The van der Waals surface area contributed by atoms with Gasteiger partial charge in [-0.2, -0.15) is 0 Å². The molecule has 1 atom stereocenters. The highest BCUT2D eigenvalue weighted by atomic mass is 16.4. The highest BCUT2D eigenvalue weighted by Crippen LogP contribution is 2.13. The lowest BCUT2D eigenvalue weighted by atomic mass is 10.0. The van der Waals surface area contributed by atoms with Crippen LogP contribution in [0.4, 0.5) is 0 Å². The van der Waals surface area contributed by atoms with Gasteiger partial charge in [0.05, 0.1) is 17.8 Å². The largest absolute Gasteiger partial charge is 0.481 e. The molecule has 78 valence electrons. The molecule has 0 saturated heterocycles. The highest BCUT2D eigenvalue weighted by molar-refractivity contribution is 5.69. The average molecular weight is 197 g/mol. The maximum atomic E-state index is 10.6. The molecule has 1 heterocycles. The number of hydrogen-bond acceptors (Lipinski definition) is 4. The molecule has 0 aromatic heterocycles. The van der Waals surface area contributed by atoms with Crippen LogP contribution in [0.5, 0.6) is 0 Å². The number of hydrazine groups is 2. The maximum Gasteiger partial charge on any atom is 0.306 e. The summed E-state index contributed by atoms with van der Waals surface area (Å²) in [5.41, 5.74) is 9.61. The summed E-state index contributed by atoms with van der Waals surface area (Å²) in [7, 11) is 1.85. The Morgan fingerprint density at radius 1 is 1.79 bits per heavy atom. The Morgan fingerprint density at radius 2 is 2.50 bits per heavy atom. The van der Waals surface area contributed by atoms with Gasteiger partial charge in [0.15, 0.2) is 0 Å². The summed E-state index contributed by atoms with van der Waals surface area (Å²) in [4.78, 5) is 10.6. The molecule has 0 saturated carbocycles. The molecular weight excluding hydrogens is 182 g/mol. The van der Waals surface area contributed by atoms with Crippen LogP contribution >= 0.6 is 0 Å². The second kappa shape index (κ2) is 4.69. The van der Waals surface area contributed by atoms with Crippen LogP contribution < -0.4 is 11.0 Å². The van der Waals surface area contributed by atoms with Crippen molar-refractivity contribution in [1.29, 1.82) is 0 Å². The van der Waals surface area contributed by atoms with Crippen molar-refractivity contribution in [2.45, 2.75) is 19.8 Å². The van der Waals surface area contributed by atoms with Crippen molar-refractivity contribution >= 4 is 5.97 Å². The van der Waals surface area contributed by atoms with Crippen LogP contribution in [-0.4, -0.2) is 23.1 Å². The zero-order valence-electron chi connectivity index (χ0n) is 8.37. The van der Waals surface area contributed by atoms with E-state index in [-0.39, 0.29) is 5.92 Å². The molecular formula is C9H15N3O2. The number of carbonyl (C=O) groups is 1. The molecule has 1 rings (SSSR count). The SMILES string of the molecule is CC(CCC1=C=CNNN1C)C(=O)O. The second-order valence-corrected chi connectivity index (χ2v) is 3.33. The fourth-order valence-electron chi connectivity index (χ4n) is 1.13. The molecule has 0 fully saturated rings. The summed E-state index contributed by atoms with van der Waals surface area (Å²) < 4.78 is 0. The van der Waals surface area contributed by atoms with Crippen molar-refractivity contribution in [3.8, 4) is 0 Å². The van der Waals surface area contributed by atoms with Gasteiger partial charge in [0, 0.05) is 7.05 Å². The molecule has 14 heavy (non-hydrogen) atoms. The monoisotopic (exact) mass is 197 g/mol. The van der Waals surface area contributed by atoms with E-state index >= 15 is 0 Å². The predicted molar refractivity (Wildman–Crippen MR) is 51.7 cm³/mol. The third-order valence-corrected chi connectivity index (χ3v) is 2.18. The first-order chi connectivity index (χ1) is 6.61. The smallest absolute Gasteiger partial charge is 0.306 e. The zero-order valence-corrected chi connectivity index (χ0v) is 8.37. The first kappa shape index (κ1) is 10.6. The highest BCUT2D eigenvalue weighted by Gasteiger charge is 2.13. The number of aliphatic carboxylic acids is 1. The number of nitrogens with one attached hydrogen (secondary N) is 2. The molecule has 1 aliphatic heterocycles. The predicted octanol–water partition coefficient (Wildman–Crippen LogP) is 0.438. The summed E-state index contributed by atoms with van der Waals surface area (Å²) >= 11 is 0. The van der Waals surface area contributed by atoms with Gasteiger partial charge in [-0.25, -0.2) is 0 Å². The summed E-state index contributed by atoms with van der Waals surface area (Å²) in [6.07, 6.45) is 2.99. The van der Waals surface area contributed by atoms with Crippen molar-refractivity contribution < 1.29 is 9.90 Å². The minimum atomic E-state index is -0.751. The second-order valence-electron chi connectivity index (χ2n) is 3.33. The van der Waals surface area contributed by atoms with Crippen LogP contribution in [0, 0.1) is 5.92 Å². The van der Waals surface area contributed by atoms with Gasteiger partial charge in [0.25, 0.3) is 0 Å². The lowest BCUT2D eigenvalue weighted by Crippen LogP contribution is -2.43. The van der Waals surface area contributed by atoms with Gasteiger partial charge in [-0.1, -0.05) is 12.7 Å². The molecule has 1 unspecified atom stereocenters. The molecule has 0 aliphatic carbocycles. The lowest BCUT2D eigenvalue weighted by Gasteiger charge is -2.24. The average Bonchev–Trinajstić information content (AvgIpc) is 2.16. The third-order valence-electron chi connectivity index (χ3n) is 2.18. The quantitative estimate of drug-likeness (QED) is 0.571. The summed E-state index contributed by atoms with van der Waals surface area (Å²) in [6, 6.07) is 0. The van der Waals surface area contributed by atoms with Crippen molar-refractivity contribution in [3.05, 3.63) is 17.6 Å². The molecule has 0 bridgehead atoms. The summed E-state index contributed by atoms with van der Waals surface area (Å²) in [5, 5.41) is 10.5. The van der Waals surface area contributed by atoms with E-state index in [2.05, 4.69) is 16.7 Å². The van der Waals surface area contributed by atoms with E-state index in [1.165, 1.54) is 0 Å². The van der Waals surface area contributed by atoms with Crippen molar-refractivity contribution in [2.24, 2.45) is 5.92 Å². The molecule has 5 nitrogen and oxygen atoms in total. The van der Waals surface area contributed by atoms with Gasteiger partial charge < -0.3 is 10.5 Å². The number of hydrogen-bond donors (Lipinski definition) is 3. The Labute approximate surface area is 83.0 Å². The summed E-state index contributed by atoms with van der Waals surface area (Å²) in [6.45, 7) is 1.71. The molecule has 0 radical (unpaired) electrons. The van der Waals surface area contributed by atoms with E-state index < -0.39 is 5.97 Å². The molecule has 5 heteroatoms. The first-order valence-electron chi connectivity index (χ1n) is 4.53. The van der Waals surface area contributed by atoms with Gasteiger partial charge in [0.2, 0.25) is 0 Å². The Bertz CT molecular complexity index is 282. The molecule has 0 aromatic rings. The Kier molecular flexibility index (Phi) is 3.56. The standard InChI is InChI=1S/C9H15N3O2/c1-7(9(13)14)3-4-8-5-6-10-11-12(8)2/h6-7,10-11H,3-4H2,1-2H3,(H,13,14). The van der Waals surface area contributed by atoms with E-state index in [0.29, 0.717) is 12.8 Å². The number of carboxylic acids is 1. The van der Waals surface area contributed by atoms with Crippen LogP contribution in [0.2, 0.25) is 0 Å². The Balaban J connectivity index is 2.45. The van der Waals surface area contributed by atoms with E-state index in [0.717, 1.165) is 5.70 Å². The van der Waals surface area contributed by atoms with E-state index in [1.54, 1.807) is 18.1 Å². The van der Waals surface area contributed by atoms with Gasteiger partial charge in [-0.05, 0) is 12.8 Å². The van der Waals surface area contributed by atoms with Crippen LogP contribution in [0.1, 0.15) is 19.8 Å². The van der Waals surface area contributed by atoms with E-state index in [1.807, 2.05) is 7.05 Å². The Hall–Kier alpha value is -1.45. The molecule has 0 aromatic carbocycles. The van der Waals surface area contributed by atoms with Crippen LogP contribution in [0.15, 0.2) is 17.6 Å². The molecule has 0 spiro atoms. The van der Waals surface area contributed by atoms with E-state index in [4.69, 9.17) is 5.11 Å². The van der Waals surface area contributed by atoms with Crippen molar-refractivity contribution in [1.82, 2.24) is 16.0 Å². The molecule has 0 amide bonds. The van der Waals surface area contributed by atoms with Gasteiger partial charge in [-0.3, -0.25) is 9.80 Å². The van der Waals surface area contributed by atoms with Crippen LogP contribution in [0.25, 0.3) is 0 Å². The lowest BCUT2D eigenvalue weighted by molar-refractivity contribution is -0.141. The van der Waals surface area contributed by atoms with E-state index in [9.17, 15) is 4.79 Å². The molecule has 3 N–H and O–H groups in total. The van der Waals surface area contributed by atoms with Crippen LogP contribution in [-0.2, 0) is 4.79 Å². The van der Waals surface area contributed by atoms with Crippen molar-refractivity contribution in [3.63, 3.8) is 0 Å². The number of carboxylic acid groups (broad SMARTS) is 1.